The van der Waals surface area contributed by atoms with Gasteiger partial charge in [0.25, 0.3) is 0 Å². The van der Waals surface area contributed by atoms with Crippen molar-refractivity contribution in [3.63, 3.8) is 0 Å². The summed E-state index contributed by atoms with van der Waals surface area (Å²) in [5.74, 6) is -0.611. The molecule has 0 radical (unpaired) electrons. The minimum absolute atomic E-state index is 0.0216. The van der Waals surface area contributed by atoms with Gasteiger partial charge in [-0.05, 0) is 6.92 Å². The zero-order chi connectivity index (χ0) is 9.56. The van der Waals surface area contributed by atoms with Crippen LogP contribution in [0.15, 0.2) is 12.3 Å². The van der Waals surface area contributed by atoms with Gasteiger partial charge in [0.2, 0.25) is 0 Å². The lowest BCUT2D eigenvalue weighted by atomic mass is 10.4. The van der Waals surface area contributed by atoms with E-state index in [0.29, 0.717) is 6.29 Å². The molecule has 0 saturated heterocycles. The first-order valence-electron chi connectivity index (χ1n) is 3.25. The van der Waals surface area contributed by atoms with Gasteiger partial charge in [0.05, 0.1) is 0 Å². The number of hydrogen-bond donors (Lipinski definition) is 1. The predicted molar refractivity (Wildman–Crippen MR) is 40.9 cm³/mol. The number of allylic oxidation sites excluding steroid dienone is 1. The largest absolute Gasteiger partial charge is 0.370 e. The number of carbonyl (C=O) groups excluding carboxylic acids is 2. The lowest BCUT2D eigenvalue weighted by molar-refractivity contribution is -0.160. The second-order valence-corrected chi connectivity index (χ2v) is 2.04. The first kappa shape index (κ1) is 10.6. The zero-order valence-electron chi connectivity index (χ0n) is 6.99. The number of hydroxylamine groups is 1. The number of carbonyl (C=O) groups is 2. The van der Waals surface area contributed by atoms with Gasteiger partial charge in [-0.2, -0.15) is 0 Å². The molecule has 1 atom stereocenters. The van der Waals surface area contributed by atoms with E-state index in [0.717, 1.165) is 0 Å². The number of hydrogen-bond acceptors (Lipinski definition) is 5. The molecule has 0 aliphatic rings. The van der Waals surface area contributed by atoms with Crippen LogP contribution < -0.4 is 5.48 Å². The van der Waals surface area contributed by atoms with Crippen molar-refractivity contribution < 1.29 is 19.2 Å². The molecule has 0 spiro atoms. The lowest BCUT2D eigenvalue weighted by Crippen LogP contribution is -2.28. The molecule has 0 rings (SSSR count). The minimum atomic E-state index is -0.669. The first-order valence-corrected chi connectivity index (χ1v) is 3.25. The Labute approximate surface area is 70.3 Å². The Morgan fingerprint density at radius 2 is 2.25 bits per heavy atom. The molecule has 0 saturated carbocycles. The summed E-state index contributed by atoms with van der Waals surface area (Å²) in [5, 5.41) is 0. The van der Waals surface area contributed by atoms with E-state index >= 15 is 0 Å². The van der Waals surface area contributed by atoms with Gasteiger partial charge >= 0.3 is 5.97 Å². The number of aldehydes is 1. The van der Waals surface area contributed by atoms with Crippen molar-refractivity contribution in [1.29, 1.82) is 0 Å². The average Bonchev–Trinajstić information content (AvgIpc) is 2.11. The van der Waals surface area contributed by atoms with Crippen molar-refractivity contribution in [2.24, 2.45) is 0 Å². The van der Waals surface area contributed by atoms with Gasteiger partial charge in [0, 0.05) is 7.11 Å². The third-order valence-electron chi connectivity index (χ3n) is 1.11. The molecule has 5 nitrogen and oxygen atoms in total. The van der Waals surface area contributed by atoms with Crippen molar-refractivity contribution >= 4 is 12.3 Å². The minimum Gasteiger partial charge on any atom is -0.370 e. The van der Waals surface area contributed by atoms with Gasteiger partial charge in [-0.15, -0.1) is 0 Å². The molecule has 0 aromatic carbocycles. The molecule has 0 bridgehead atoms. The van der Waals surface area contributed by atoms with E-state index in [1.807, 2.05) is 0 Å². The Bertz CT molecular complexity index is 190. The molecule has 0 fully saturated rings. The Kier molecular flexibility index (Phi) is 4.71. The SMILES string of the molecule is C=C(C=O)NOC(=O)C(C)OC. The highest BCUT2D eigenvalue weighted by Gasteiger charge is 2.13. The van der Waals surface area contributed by atoms with E-state index in [2.05, 4.69) is 21.6 Å². The van der Waals surface area contributed by atoms with E-state index < -0.39 is 12.1 Å². The van der Waals surface area contributed by atoms with Crippen molar-refractivity contribution in [2.45, 2.75) is 13.0 Å². The van der Waals surface area contributed by atoms with Crippen LogP contribution in [0, 0.1) is 0 Å². The van der Waals surface area contributed by atoms with Gasteiger partial charge in [-0.25, -0.2) is 10.3 Å². The first-order chi connectivity index (χ1) is 5.61. The Morgan fingerprint density at radius 3 is 2.67 bits per heavy atom. The topological polar surface area (TPSA) is 64.6 Å². The van der Waals surface area contributed by atoms with Crippen molar-refractivity contribution in [2.75, 3.05) is 7.11 Å². The van der Waals surface area contributed by atoms with Crippen LogP contribution in [-0.2, 0) is 19.2 Å². The Morgan fingerprint density at radius 1 is 1.67 bits per heavy atom. The molecule has 0 aliphatic carbocycles. The summed E-state index contributed by atoms with van der Waals surface area (Å²) in [5.41, 5.74) is 2.03. The average molecular weight is 173 g/mol. The van der Waals surface area contributed by atoms with Gasteiger partial charge in [0.1, 0.15) is 5.70 Å². The summed E-state index contributed by atoms with van der Waals surface area (Å²) in [6.07, 6.45) is -0.234. The molecule has 5 heteroatoms. The van der Waals surface area contributed by atoms with E-state index in [4.69, 9.17) is 0 Å². The molecular weight excluding hydrogens is 162 g/mol. The van der Waals surface area contributed by atoms with E-state index in [1.165, 1.54) is 14.0 Å². The van der Waals surface area contributed by atoms with Crippen LogP contribution in [-0.4, -0.2) is 25.5 Å². The molecule has 0 aromatic heterocycles. The summed E-state index contributed by atoms with van der Waals surface area (Å²) in [6.45, 7) is 4.75. The van der Waals surface area contributed by atoms with Crippen molar-refractivity contribution in [3.8, 4) is 0 Å². The molecule has 12 heavy (non-hydrogen) atoms. The third-order valence-corrected chi connectivity index (χ3v) is 1.11. The predicted octanol–water partition coefficient (Wildman–Crippen LogP) is -0.218. The van der Waals surface area contributed by atoms with Crippen LogP contribution in [0.1, 0.15) is 6.92 Å². The second-order valence-electron chi connectivity index (χ2n) is 2.04. The summed E-state index contributed by atoms with van der Waals surface area (Å²) >= 11 is 0. The maximum Gasteiger partial charge on any atom is 0.360 e. The van der Waals surface area contributed by atoms with Crippen molar-refractivity contribution in [1.82, 2.24) is 5.48 Å². The molecule has 0 aliphatic heterocycles. The zero-order valence-corrected chi connectivity index (χ0v) is 6.99. The van der Waals surface area contributed by atoms with Gasteiger partial charge in [0.15, 0.2) is 12.4 Å². The summed E-state index contributed by atoms with van der Waals surface area (Å²) in [7, 11) is 1.38. The summed E-state index contributed by atoms with van der Waals surface area (Å²) in [6, 6.07) is 0. The summed E-state index contributed by atoms with van der Waals surface area (Å²) in [4.78, 5) is 25.2. The fourth-order valence-electron chi connectivity index (χ4n) is 0.319. The van der Waals surface area contributed by atoms with Crippen LogP contribution in [0.5, 0.6) is 0 Å². The number of rotatable bonds is 5. The monoisotopic (exact) mass is 173 g/mol. The third kappa shape index (κ3) is 3.72. The Hall–Kier alpha value is -1.36. The number of nitrogens with one attached hydrogen (secondary N) is 1. The molecular formula is C7H11NO4. The standard InChI is InChI=1S/C7H11NO4/c1-5(4-9)8-12-7(10)6(2)11-3/h4,6,8H,1H2,2-3H3. The smallest absolute Gasteiger partial charge is 0.360 e. The fraction of sp³-hybridized carbons (Fsp3) is 0.429. The molecule has 0 aromatic rings. The normalized spacial score (nSPS) is 11.5. The van der Waals surface area contributed by atoms with Crippen LogP contribution >= 0.6 is 0 Å². The molecule has 0 amide bonds. The fourth-order valence-corrected chi connectivity index (χ4v) is 0.319. The van der Waals surface area contributed by atoms with E-state index in [1.54, 1.807) is 0 Å². The second kappa shape index (κ2) is 5.31. The van der Waals surface area contributed by atoms with Crippen LogP contribution in [0.4, 0.5) is 0 Å². The maximum absolute atomic E-state index is 10.8. The van der Waals surface area contributed by atoms with Crippen LogP contribution in [0.3, 0.4) is 0 Å². The summed E-state index contributed by atoms with van der Waals surface area (Å²) < 4.78 is 4.65. The molecule has 0 heterocycles. The quantitative estimate of drug-likeness (QED) is 0.354. The van der Waals surface area contributed by atoms with Crippen LogP contribution in [0.25, 0.3) is 0 Å². The molecule has 1 unspecified atom stereocenters. The van der Waals surface area contributed by atoms with Crippen molar-refractivity contribution in [3.05, 3.63) is 12.3 Å². The van der Waals surface area contributed by atoms with Crippen LogP contribution in [0.2, 0.25) is 0 Å². The lowest BCUT2D eigenvalue weighted by Gasteiger charge is -2.08. The number of ether oxygens (including phenoxy) is 1. The van der Waals surface area contributed by atoms with E-state index in [9.17, 15) is 9.59 Å². The number of methoxy groups -OCH3 is 1. The van der Waals surface area contributed by atoms with Gasteiger partial charge < -0.3 is 9.57 Å². The van der Waals surface area contributed by atoms with Gasteiger partial charge in [-0.3, -0.25) is 4.79 Å². The maximum atomic E-state index is 10.8. The van der Waals surface area contributed by atoms with E-state index in [-0.39, 0.29) is 5.70 Å². The van der Waals surface area contributed by atoms with Gasteiger partial charge in [-0.1, -0.05) is 6.58 Å². The highest BCUT2D eigenvalue weighted by Crippen LogP contribution is 1.90. The highest BCUT2D eigenvalue weighted by molar-refractivity contribution is 5.75. The molecule has 68 valence electrons. The highest BCUT2D eigenvalue weighted by atomic mass is 16.7. The molecule has 1 N–H and O–H groups in total. The Balaban J connectivity index is 3.71.